The number of rotatable bonds is 7. The Hall–Kier alpha value is -2.99. The van der Waals surface area contributed by atoms with Crippen LogP contribution in [-0.2, 0) is 16.1 Å². The number of hydrogen-bond donors (Lipinski definition) is 3. The van der Waals surface area contributed by atoms with Crippen molar-refractivity contribution in [3.8, 4) is 11.1 Å². The third-order valence-corrected chi connectivity index (χ3v) is 4.79. The Morgan fingerprint density at radius 2 is 1.46 bits per heavy atom. The molecule has 3 rings (SSSR count). The van der Waals surface area contributed by atoms with Crippen LogP contribution in [0.5, 0.6) is 0 Å². The van der Waals surface area contributed by atoms with E-state index in [0.717, 1.165) is 16.7 Å². The maximum Gasteiger partial charge on any atom is 0.278 e. The molecule has 0 bridgehead atoms. The van der Waals surface area contributed by atoms with Crippen molar-refractivity contribution in [3.63, 3.8) is 0 Å². The molecule has 3 aromatic rings. The number of carbonyl (C=O) groups excluding carboxylic acids is 1. The minimum atomic E-state index is -1.66. The fourth-order valence-corrected chi connectivity index (χ4v) is 2.99. The quantitative estimate of drug-likeness (QED) is 0.431. The summed E-state index contributed by atoms with van der Waals surface area (Å²) in [6.07, 6.45) is -1.25. The number of nitrogens with one attached hydrogen (secondary N) is 1. The zero-order valence-corrected chi connectivity index (χ0v) is 15.6. The first-order valence-corrected chi connectivity index (χ1v) is 9.00. The van der Waals surface area contributed by atoms with Crippen molar-refractivity contribution in [2.75, 3.05) is 0 Å². The van der Waals surface area contributed by atoms with Gasteiger partial charge in [0.15, 0.2) is 5.60 Å². The van der Waals surface area contributed by atoms with Crippen LogP contribution in [0.25, 0.3) is 11.1 Å². The summed E-state index contributed by atoms with van der Waals surface area (Å²) in [5.74, 6) is -0.815. The Morgan fingerprint density at radius 3 is 2.04 bits per heavy atom. The normalized spacial score (nSPS) is 14.1. The second kappa shape index (κ2) is 8.80. The number of ether oxygens (including phenoxy) is 1. The van der Waals surface area contributed by atoms with Crippen molar-refractivity contribution in [2.45, 2.75) is 25.2 Å². The second-order valence-corrected chi connectivity index (χ2v) is 6.71. The van der Waals surface area contributed by atoms with Gasteiger partial charge in [0, 0.05) is 0 Å². The number of carbonyl (C=O) groups is 1. The van der Waals surface area contributed by atoms with Crippen molar-refractivity contribution in [3.05, 3.63) is 96.1 Å². The van der Waals surface area contributed by atoms with Crippen LogP contribution in [0.2, 0.25) is 0 Å². The smallest absolute Gasteiger partial charge is 0.278 e. The molecule has 0 saturated heterocycles. The van der Waals surface area contributed by atoms with Gasteiger partial charge in [0.1, 0.15) is 6.10 Å². The van der Waals surface area contributed by atoms with Crippen molar-refractivity contribution in [1.29, 1.82) is 0 Å². The maximum absolute atomic E-state index is 12.3. The fourth-order valence-electron chi connectivity index (χ4n) is 2.99. The molecule has 28 heavy (non-hydrogen) atoms. The fraction of sp³-hybridized carbons (Fsp3) is 0.174. The third-order valence-electron chi connectivity index (χ3n) is 4.79. The summed E-state index contributed by atoms with van der Waals surface area (Å²) >= 11 is 0. The summed E-state index contributed by atoms with van der Waals surface area (Å²) in [5, 5.41) is 19.9. The molecule has 0 aromatic heterocycles. The topological polar surface area (TPSA) is 78.8 Å². The van der Waals surface area contributed by atoms with Gasteiger partial charge in [-0.2, -0.15) is 0 Å². The van der Waals surface area contributed by atoms with Gasteiger partial charge in [0.05, 0.1) is 6.61 Å². The van der Waals surface area contributed by atoms with Crippen LogP contribution in [-0.4, -0.2) is 21.8 Å². The Kier molecular flexibility index (Phi) is 6.21. The summed E-state index contributed by atoms with van der Waals surface area (Å²) in [5.41, 5.74) is 3.49. The lowest BCUT2D eigenvalue weighted by molar-refractivity contribution is -0.173. The molecule has 0 spiro atoms. The molecule has 1 amide bonds. The molecular weight excluding hydrogens is 354 g/mol. The molecule has 0 saturated carbocycles. The lowest BCUT2D eigenvalue weighted by Crippen LogP contribution is -2.50. The molecule has 0 aliphatic carbocycles. The number of benzene rings is 3. The zero-order valence-electron chi connectivity index (χ0n) is 15.6. The molecule has 0 fully saturated rings. The summed E-state index contributed by atoms with van der Waals surface area (Å²) in [6.45, 7) is 1.55. The first kappa shape index (κ1) is 19.8. The molecule has 3 N–H and O–H groups in total. The molecule has 0 aliphatic heterocycles. The Bertz CT molecular complexity index is 897. The first-order chi connectivity index (χ1) is 13.5. The zero-order chi connectivity index (χ0) is 20.0. The highest BCUT2D eigenvalue weighted by Gasteiger charge is 2.42. The Labute approximate surface area is 164 Å². The molecule has 5 nitrogen and oxygen atoms in total. The predicted octanol–water partition coefficient (Wildman–Crippen LogP) is 3.87. The van der Waals surface area contributed by atoms with Crippen molar-refractivity contribution in [1.82, 2.24) is 5.48 Å². The highest BCUT2D eigenvalue weighted by molar-refractivity contribution is 5.84. The lowest BCUT2D eigenvalue weighted by Gasteiger charge is -2.32. The number of aliphatic hydroxyl groups is 1. The highest BCUT2D eigenvalue weighted by atomic mass is 16.5. The molecule has 144 valence electrons. The minimum Gasteiger partial charge on any atom is -0.385 e. The second-order valence-electron chi connectivity index (χ2n) is 6.71. The van der Waals surface area contributed by atoms with E-state index in [-0.39, 0.29) is 6.61 Å². The number of amides is 1. The van der Waals surface area contributed by atoms with Gasteiger partial charge in [-0.25, -0.2) is 5.48 Å². The Morgan fingerprint density at radius 1 is 0.929 bits per heavy atom. The summed E-state index contributed by atoms with van der Waals surface area (Å²) in [7, 11) is 0. The summed E-state index contributed by atoms with van der Waals surface area (Å²) in [4.78, 5) is 12.3. The van der Waals surface area contributed by atoms with Gasteiger partial charge in [-0.1, -0.05) is 84.9 Å². The van der Waals surface area contributed by atoms with Gasteiger partial charge >= 0.3 is 0 Å². The van der Waals surface area contributed by atoms with E-state index in [1.807, 2.05) is 60.7 Å². The van der Waals surface area contributed by atoms with E-state index in [2.05, 4.69) is 0 Å². The van der Waals surface area contributed by atoms with E-state index in [9.17, 15) is 9.90 Å². The first-order valence-electron chi connectivity index (χ1n) is 9.00. The van der Waals surface area contributed by atoms with E-state index in [1.165, 1.54) is 6.92 Å². The van der Waals surface area contributed by atoms with E-state index in [1.54, 1.807) is 29.7 Å². The van der Waals surface area contributed by atoms with Crippen molar-refractivity contribution in [2.24, 2.45) is 0 Å². The van der Waals surface area contributed by atoms with Crippen LogP contribution in [0.1, 0.15) is 24.2 Å². The largest absolute Gasteiger partial charge is 0.385 e. The molecule has 3 aromatic carbocycles. The van der Waals surface area contributed by atoms with E-state index >= 15 is 0 Å². The third kappa shape index (κ3) is 4.28. The van der Waals surface area contributed by atoms with Gasteiger partial charge in [-0.3, -0.25) is 10.0 Å². The SMILES string of the molecule is C[C@@](OCc1ccc(-c2ccccc2)cc1)(C(=O)NO)[C@@H](O)c1ccccc1. The molecule has 5 heteroatoms. The minimum absolute atomic E-state index is 0.100. The number of hydrogen-bond acceptors (Lipinski definition) is 4. The van der Waals surface area contributed by atoms with Gasteiger partial charge in [0.25, 0.3) is 5.91 Å². The predicted molar refractivity (Wildman–Crippen MR) is 106 cm³/mol. The van der Waals surface area contributed by atoms with Crippen LogP contribution >= 0.6 is 0 Å². The van der Waals surface area contributed by atoms with Gasteiger partial charge in [-0.15, -0.1) is 0 Å². The molecule has 0 aliphatic rings. The molecule has 0 unspecified atom stereocenters. The molecule has 0 radical (unpaired) electrons. The average molecular weight is 377 g/mol. The molecule has 2 atom stereocenters. The highest BCUT2D eigenvalue weighted by Crippen LogP contribution is 2.31. The van der Waals surface area contributed by atoms with Crippen molar-refractivity contribution >= 4 is 5.91 Å². The summed E-state index contributed by atoms with van der Waals surface area (Å²) < 4.78 is 5.81. The van der Waals surface area contributed by atoms with Crippen LogP contribution in [0.3, 0.4) is 0 Å². The van der Waals surface area contributed by atoms with E-state index in [0.29, 0.717) is 5.56 Å². The number of hydroxylamine groups is 1. The standard InChI is InChI=1S/C23H23NO4/c1-23(22(26)24-27,21(25)20-10-6-3-7-11-20)28-16-17-12-14-19(15-13-17)18-8-4-2-5-9-18/h2-15,21,25,27H,16H2,1H3,(H,24,26)/t21-,23-/m0/s1. The lowest BCUT2D eigenvalue weighted by atomic mass is 9.91. The summed E-state index contributed by atoms with van der Waals surface area (Å²) in [6, 6.07) is 26.5. The van der Waals surface area contributed by atoms with E-state index < -0.39 is 17.6 Å². The van der Waals surface area contributed by atoms with Gasteiger partial charge in [0.2, 0.25) is 0 Å². The van der Waals surface area contributed by atoms with Gasteiger partial charge in [-0.05, 0) is 29.2 Å². The van der Waals surface area contributed by atoms with Crippen LogP contribution in [0.4, 0.5) is 0 Å². The molecule has 0 heterocycles. The molecular formula is C23H23NO4. The Balaban J connectivity index is 1.76. The van der Waals surface area contributed by atoms with Gasteiger partial charge < -0.3 is 9.84 Å². The van der Waals surface area contributed by atoms with Crippen molar-refractivity contribution < 1.29 is 19.8 Å². The average Bonchev–Trinajstić information content (AvgIpc) is 2.78. The monoisotopic (exact) mass is 377 g/mol. The van der Waals surface area contributed by atoms with Crippen LogP contribution in [0.15, 0.2) is 84.9 Å². The maximum atomic E-state index is 12.3. The van der Waals surface area contributed by atoms with Crippen LogP contribution in [0, 0.1) is 0 Å². The van der Waals surface area contributed by atoms with Crippen LogP contribution < -0.4 is 5.48 Å². The van der Waals surface area contributed by atoms with E-state index in [4.69, 9.17) is 9.94 Å². The number of aliphatic hydroxyl groups excluding tert-OH is 1.